The number of allylic oxidation sites excluding steroid dienone is 1. The summed E-state index contributed by atoms with van der Waals surface area (Å²) in [6, 6.07) is 2.10. The number of hydrogen-bond acceptors (Lipinski definition) is 16. The van der Waals surface area contributed by atoms with Crippen LogP contribution in [0.1, 0.15) is 17.4 Å². The van der Waals surface area contributed by atoms with Crippen LogP contribution < -0.4 is 32.8 Å². The number of benzene rings is 1. The number of amides is 2. The second kappa shape index (κ2) is 13.1. The quantitative estimate of drug-likeness (QED) is 0.0284. The summed E-state index contributed by atoms with van der Waals surface area (Å²) in [6.45, 7) is -0.0581. The van der Waals surface area contributed by atoms with E-state index in [4.69, 9.17) is 27.8 Å². The summed E-state index contributed by atoms with van der Waals surface area (Å²) in [5.74, 6) is -5.04. The van der Waals surface area contributed by atoms with Gasteiger partial charge in [-0.25, -0.2) is 14.3 Å². The van der Waals surface area contributed by atoms with Crippen LogP contribution in [0, 0.1) is 5.41 Å². The van der Waals surface area contributed by atoms with Crippen molar-refractivity contribution in [2.45, 2.75) is 24.1 Å². The third kappa shape index (κ3) is 6.40. The van der Waals surface area contributed by atoms with E-state index in [2.05, 4.69) is 20.4 Å². The predicted octanol–water partition coefficient (Wildman–Crippen LogP) is -1.16. The number of carboxylic acid groups (broad SMARTS) is 2. The number of phenols is 2. The van der Waals surface area contributed by atoms with Gasteiger partial charge < -0.3 is 58.4 Å². The lowest BCUT2D eigenvalue weighted by atomic mass is 9.86. The Morgan fingerprint density at radius 1 is 1.21 bits per heavy atom. The minimum absolute atomic E-state index is 0.0500. The van der Waals surface area contributed by atoms with Gasteiger partial charge in [0, 0.05) is 23.2 Å². The molecule has 1 aromatic carbocycles. The number of aliphatic carboxylic acids is 2. The average Bonchev–Trinajstić information content (AvgIpc) is 3.48. The highest BCUT2D eigenvalue weighted by Crippen LogP contribution is 2.43. The molecule has 0 saturated carbocycles. The van der Waals surface area contributed by atoms with E-state index in [-0.39, 0.29) is 52.6 Å². The largest absolute Gasteiger partial charge is 0.504 e. The zero-order valence-corrected chi connectivity index (χ0v) is 26.2. The van der Waals surface area contributed by atoms with E-state index >= 15 is 0 Å². The monoisotopic (exact) mass is 701 g/mol. The second-order valence-electron chi connectivity index (χ2n) is 10.6. The van der Waals surface area contributed by atoms with Crippen LogP contribution in [-0.2, 0) is 30.6 Å². The number of thioether (sulfide) groups is 1. The lowest BCUT2D eigenvalue weighted by molar-refractivity contribution is -0.674. The van der Waals surface area contributed by atoms with Gasteiger partial charge in [0.15, 0.2) is 28.0 Å². The first kappa shape index (κ1) is 33.5. The zero-order chi connectivity index (χ0) is 34.9. The summed E-state index contributed by atoms with van der Waals surface area (Å²) >= 11 is 2.11. The number of nitrogens with two attached hydrogens (primary N) is 4. The Hall–Kier alpha value is -5.83. The lowest BCUT2D eigenvalue weighted by Gasteiger charge is -2.53. The number of rotatable bonds is 11. The van der Waals surface area contributed by atoms with Crippen molar-refractivity contribution >= 4 is 75.0 Å². The Balaban J connectivity index is 1.31. The van der Waals surface area contributed by atoms with Gasteiger partial charge in [0.2, 0.25) is 30.0 Å². The van der Waals surface area contributed by atoms with Gasteiger partial charge in [-0.05, 0) is 12.1 Å². The first-order valence-corrected chi connectivity index (χ1v) is 15.7. The normalized spacial score (nSPS) is 21.3. The molecule has 2 amide bonds. The SMILES string of the molecule is Nc1nc(C(=NOC(C(=O)O)c2ccc(O)c(O)c2)C(=O)NC2C(=O)N3CC(C=CC[n+]4cnc(N)c(N)c4N)(C(=O)O)CS[C@H]23)cs1. The van der Waals surface area contributed by atoms with E-state index < -0.39 is 63.9 Å². The standard InChI is InChI=1S/C27H28N10O9S2/c28-15-19(29)32-10-36(20(15)30)5-1-4-27(25(44)45)8-37-22(41)17(23(37)48-9-27)34-21(40)16(12-7-47-26(31)33-12)35-46-18(24(42)43)11-2-3-13(38)14(39)6-11/h1-4,6-7,10,17-18,23H,5,8-9H2,(H12,28,29,30,31,33,34,35,38,39,40,42,43,44,45)/p+1/t17?,18?,23-,27?/m1/s1. The molecule has 2 aliphatic rings. The van der Waals surface area contributed by atoms with E-state index in [0.717, 1.165) is 35.2 Å². The minimum atomic E-state index is -1.81. The predicted molar refractivity (Wildman–Crippen MR) is 171 cm³/mol. The molecule has 5 rings (SSSR count). The van der Waals surface area contributed by atoms with E-state index in [1.54, 1.807) is 6.08 Å². The number of fused-ring (bicyclic) bond motifs is 1. The van der Waals surface area contributed by atoms with Crippen LogP contribution in [0.5, 0.6) is 11.5 Å². The maximum absolute atomic E-state index is 13.4. The van der Waals surface area contributed by atoms with Gasteiger partial charge in [-0.15, -0.1) is 23.1 Å². The molecule has 2 saturated heterocycles. The number of nitrogens with one attached hydrogen (secondary N) is 1. The van der Waals surface area contributed by atoms with Crippen LogP contribution in [0.2, 0.25) is 0 Å². The third-order valence-electron chi connectivity index (χ3n) is 7.51. The fourth-order valence-corrected chi connectivity index (χ4v) is 6.91. The van der Waals surface area contributed by atoms with Crippen molar-refractivity contribution in [2.24, 2.45) is 10.6 Å². The third-order valence-corrected chi connectivity index (χ3v) is 9.73. The van der Waals surface area contributed by atoms with Gasteiger partial charge in [0.25, 0.3) is 5.91 Å². The number of β-lactam (4-membered cyclic amide) rings is 1. The molecule has 2 fully saturated rings. The van der Waals surface area contributed by atoms with Crippen LogP contribution in [0.3, 0.4) is 0 Å². The number of oxime groups is 1. The van der Waals surface area contributed by atoms with Crippen LogP contribution in [0.15, 0.2) is 47.2 Å². The number of anilines is 4. The highest BCUT2D eigenvalue weighted by Gasteiger charge is 2.57. The Labute approximate surface area is 278 Å². The van der Waals surface area contributed by atoms with E-state index in [9.17, 15) is 39.6 Å². The van der Waals surface area contributed by atoms with Gasteiger partial charge in [0.1, 0.15) is 22.5 Å². The van der Waals surface area contributed by atoms with Crippen LogP contribution in [0.4, 0.5) is 22.5 Å². The van der Waals surface area contributed by atoms with Gasteiger partial charge in [-0.2, -0.15) is 0 Å². The number of aromatic nitrogens is 3. The molecule has 0 aliphatic carbocycles. The topological polar surface area (TPSA) is 320 Å². The maximum Gasteiger partial charge on any atom is 0.352 e. The highest BCUT2D eigenvalue weighted by atomic mass is 32.2. The molecular formula is C27H29N10O9S2+. The summed E-state index contributed by atoms with van der Waals surface area (Å²) in [5, 5.41) is 46.3. The first-order valence-electron chi connectivity index (χ1n) is 13.7. The number of aromatic hydroxyl groups is 2. The fourth-order valence-electron chi connectivity index (χ4n) is 4.85. The molecule has 21 heteroatoms. The average molecular weight is 702 g/mol. The van der Waals surface area contributed by atoms with E-state index in [0.29, 0.717) is 0 Å². The molecule has 0 spiro atoms. The molecule has 2 aliphatic heterocycles. The number of carboxylic acids is 2. The van der Waals surface area contributed by atoms with Crippen molar-refractivity contribution in [3.05, 3.63) is 53.3 Å². The fraction of sp³-hybridized carbons (Fsp3) is 0.259. The number of nitrogen functional groups attached to an aromatic ring is 4. The van der Waals surface area contributed by atoms with Crippen molar-refractivity contribution in [2.75, 3.05) is 35.2 Å². The number of phenolic OH excluding ortho intramolecular Hbond substituents is 2. The maximum atomic E-state index is 13.4. The van der Waals surface area contributed by atoms with Gasteiger partial charge in [-0.3, -0.25) is 14.4 Å². The number of carbonyl (C=O) groups excluding carboxylic acids is 2. The molecule has 3 unspecified atom stereocenters. The van der Waals surface area contributed by atoms with Crippen molar-refractivity contribution in [3.8, 4) is 11.5 Å². The minimum Gasteiger partial charge on any atom is -0.504 e. The molecule has 2 aromatic heterocycles. The van der Waals surface area contributed by atoms with Crippen LogP contribution >= 0.6 is 23.1 Å². The molecule has 13 N–H and O–H groups in total. The van der Waals surface area contributed by atoms with Crippen molar-refractivity contribution < 1.29 is 49.0 Å². The van der Waals surface area contributed by atoms with Gasteiger partial charge in [-0.1, -0.05) is 28.4 Å². The molecule has 252 valence electrons. The Bertz CT molecular complexity index is 1870. The molecule has 48 heavy (non-hydrogen) atoms. The van der Waals surface area contributed by atoms with Crippen LogP contribution in [-0.4, -0.2) is 88.5 Å². The Kier molecular flexibility index (Phi) is 9.16. The summed E-state index contributed by atoms with van der Waals surface area (Å²) in [5.41, 5.74) is 21.1. The smallest absolute Gasteiger partial charge is 0.352 e. The molecule has 3 aromatic rings. The number of nitrogens with zero attached hydrogens (tertiary/aromatic N) is 5. The summed E-state index contributed by atoms with van der Waals surface area (Å²) in [7, 11) is 0. The number of thiazole rings is 1. The van der Waals surface area contributed by atoms with E-state index in [1.807, 2.05) is 0 Å². The summed E-state index contributed by atoms with van der Waals surface area (Å²) in [4.78, 5) is 65.5. The van der Waals surface area contributed by atoms with Crippen LogP contribution in [0.25, 0.3) is 0 Å². The number of carbonyl (C=O) groups is 4. The molecule has 0 bridgehead atoms. The van der Waals surface area contributed by atoms with Gasteiger partial charge in [0.05, 0.1) is 6.54 Å². The Morgan fingerprint density at radius 3 is 2.60 bits per heavy atom. The summed E-state index contributed by atoms with van der Waals surface area (Å²) < 4.78 is 1.48. The molecule has 19 nitrogen and oxygen atoms in total. The summed E-state index contributed by atoms with van der Waals surface area (Å²) in [6.07, 6.45) is 2.58. The van der Waals surface area contributed by atoms with E-state index in [1.165, 1.54) is 33.3 Å². The second-order valence-corrected chi connectivity index (χ2v) is 12.6. The Morgan fingerprint density at radius 2 is 1.96 bits per heavy atom. The number of hydrogen-bond donors (Lipinski definition) is 9. The molecule has 4 atom stereocenters. The zero-order valence-electron chi connectivity index (χ0n) is 24.6. The molecule has 0 radical (unpaired) electrons. The van der Waals surface area contributed by atoms with Crippen molar-refractivity contribution in [1.82, 2.24) is 20.2 Å². The lowest BCUT2D eigenvalue weighted by Crippen LogP contribution is -2.73. The van der Waals surface area contributed by atoms with Crippen molar-refractivity contribution in [1.29, 1.82) is 0 Å². The first-order chi connectivity index (χ1) is 22.7. The molecule has 4 heterocycles. The van der Waals surface area contributed by atoms with Crippen molar-refractivity contribution in [3.63, 3.8) is 0 Å². The molecular weight excluding hydrogens is 672 g/mol. The van der Waals surface area contributed by atoms with Gasteiger partial charge >= 0.3 is 11.9 Å². The highest BCUT2D eigenvalue weighted by molar-refractivity contribution is 8.00.